The van der Waals surface area contributed by atoms with E-state index < -0.39 is 23.4 Å². The number of amides is 4. The highest BCUT2D eigenvalue weighted by Gasteiger charge is 2.52. The summed E-state index contributed by atoms with van der Waals surface area (Å²) in [5.41, 5.74) is 2.73. The summed E-state index contributed by atoms with van der Waals surface area (Å²) in [7, 11) is 0. The number of hydrazine groups is 1. The van der Waals surface area contributed by atoms with E-state index in [0.29, 0.717) is 17.0 Å². The number of benzene rings is 2. The molecule has 4 amide bonds. The zero-order valence-corrected chi connectivity index (χ0v) is 17.0. The van der Waals surface area contributed by atoms with Crippen LogP contribution in [0.3, 0.4) is 0 Å². The molecule has 2 aromatic rings. The third-order valence-corrected chi connectivity index (χ3v) is 5.41. The molecule has 1 aliphatic heterocycles. The van der Waals surface area contributed by atoms with Crippen LogP contribution < -0.4 is 16.1 Å². The molecule has 0 aliphatic carbocycles. The second kappa shape index (κ2) is 8.63. The number of rotatable bonds is 7. The lowest BCUT2D eigenvalue weighted by atomic mass is 9.87. The lowest BCUT2D eigenvalue weighted by Gasteiger charge is -2.25. The molecule has 1 fully saturated rings. The van der Waals surface area contributed by atoms with Crippen molar-refractivity contribution >= 4 is 29.4 Å². The van der Waals surface area contributed by atoms with Crippen LogP contribution in [0.25, 0.3) is 0 Å². The van der Waals surface area contributed by atoms with Crippen molar-refractivity contribution < 1.29 is 14.4 Å². The molecule has 0 unspecified atom stereocenters. The van der Waals surface area contributed by atoms with Crippen molar-refractivity contribution in [2.45, 2.75) is 31.8 Å². The summed E-state index contributed by atoms with van der Waals surface area (Å²) in [6.07, 6.45) is 0.357. The summed E-state index contributed by atoms with van der Waals surface area (Å²) >= 11 is 6.17. The molecule has 0 bridgehead atoms. The van der Waals surface area contributed by atoms with Crippen molar-refractivity contribution in [3.63, 3.8) is 0 Å². The molecule has 1 aliphatic rings. The van der Waals surface area contributed by atoms with Crippen LogP contribution >= 0.6 is 11.6 Å². The van der Waals surface area contributed by atoms with E-state index in [1.54, 1.807) is 30.3 Å². The van der Waals surface area contributed by atoms with Gasteiger partial charge in [0.25, 0.3) is 11.8 Å². The molecule has 152 valence electrons. The van der Waals surface area contributed by atoms with Gasteiger partial charge in [0.15, 0.2) is 0 Å². The Morgan fingerprint density at radius 1 is 1.14 bits per heavy atom. The van der Waals surface area contributed by atoms with Gasteiger partial charge < -0.3 is 10.6 Å². The minimum Gasteiger partial charge on any atom is -0.318 e. The Morgan fingerprint density at radius 2 is 1.79 bits per heavy atom. The lowest BCUT2D eigenvalue weighted by Crippen LogP contribution is -2.50. The molecule has 3 rings (SSSR count). The maximum atomic E-state index is 13.0. The Labute approximate surface area is 174 Å². The number of nitrogens with one attached hydrogen (secondary N) is 3. The topological polar surface area (TPSA) is 90.5 Å². The summed E-state index contributed by atoms with van der Waals surface area (Å²) in [5.74, 6) is -1.02. The second-order valence-electron chi connectivity index (χ2n) is 6.85. The van der Waals surface area contributed by atoms with Crippen molar-refractivity contribution in [3.05, 3.63) is 70.7 Å². The highest BCUT2D eigenvalue weighted by molar-refractivity contribution is 6.31. The minimum atomic E-state index is -1.19. The van der Waals surface area contributed by atoms with Gasteiger partial charge in [0, 0.05) is 11.1 Å². The quantitative estimate of drug-likeness (QED) is 0.607. The van der Waals surface area contributed by atoms with E-state index in [-0.39, 0.29) is 12.6 Å². The zero-order valence-electron chi connectivity index (χ0n) is 16.2. The molecular formula is C21H23ClN4O3. The average molecular weight is 415 g/mol. The number of imide groups is 1. The number of carbonyl (C=O) groups is 3. The zero-order chi connectivity index (χ0) is 21.0. The molecule has 0 spiro atoms. The molecule has 1 saturated heterocycles. The maximum absolute atomic E-state index is 13.0. The van der Waals surface area contributed by atoms with E-state index in [2.05, 4.69) is 16.1 Å². The Hall–Kier alpha value is -2.90. The first-order valence-electron chi connectivity index (χ1n) is 9.38. The summed E-state index contributed by atoms with van der Waals surface area (Å²) in [4.78, 5) is 37.8. The number of urea groups is 1. The van der Waals surface area contributed by atoms with Crippen molar-refractivity contribution in [2.24, 2.45) is 0 Å². The molecule has 2 aromatic carbocycles. The van der Waals surface area contributed by atoms with Gasteiger partial charge in [-0.1, -0.05) is 67.1 Å². The molecular weight excluding hydrogens is 392 g/mol. The number of hydrogen-bond donors (Lipinski definition) is 3. The first-order chi connectivity index (χ1) is 13.9. The smallest absolute Gasteiger partial charge is 0.318 e. The normalized spacial score (nSPS) is 19.8. The molecule has 1 heterocycles. The Bertz CT molecular complexity index is 921. The number of nitrogens with zero attached hydrogens (tertiary/aromatic N) is 1. The molecule has 7 nitrogen and oxygen atoms in total. The van der Waals surface area contributed by atoms with Crippen molar-refractivity contribution in [1.82, 2.24) is 21.1 Å². The fourth-order valence-corrected chi connectivity index (χ4v) is 3.68. The second-order valence-corrected chi connectivity index (χ2v) is 7.26. The molecule has 3 N–H and O–H groups in total. The summed E-state index contributed by atoms with van der Waals surface area (Å²) in [6, 6.07) is 15.5. The van der Waals surface area contributed by atoms with E-state index >= 15 is 0 Å². The van der Waals surface area contributed by atoms with Crippen LogP contribution in [0, 0.1) is 0 Å². The number of carbonyl (C=O) groups excluding carboxylic acids is 3. The SMILES string of the molecule is CC[C@@]1(c2ccccc2)NC(=O)N(NC(=O)CN[C@H](C)c2ccccc2Cl)C1=O. The number of hydrogen-bond acceptors (Lipinski definition) is 4. The molecule has 2 atom stereocenters. The van der Waals surface area contributed by atoms with E-state index in [9.17, 15) is 14.4 Å². The van der Waals surface area contributed by atoms with E-state index in [0.717, 1.165) is 10.6 Å². The third kappa shape index (κ3) is 4.11. The van der Waals surface area contributed by atoms with Gasteiger partial charge >= 0.3 is 6.03 Å². The van der Waals surface area contributed by atoms with Gasteiger partial charge in [-0.3, -0.25) is 15.0 Å². The predicted molar refractivity (Wildman–Crippen MR) is 110 cm³/mol. The fourth-order valence-electron chi connectivity index (χ4n) is 3.38. The molecule has 8 heteroatoms. The lowest BCUT2D eigenvalue weighted by molar-refractivity contribution is -0.139. The van der Waals surface area contributed by atoms with Gasteiger partial charge in [-0.15, -0.1) is 0 Å². The van der Waals surface area contributed by atoms with E-state index in [1.165, 1.54) is 0 Å². The number of halogens is 1. The first kappa shape index (κ1) is 20.8. The minimum absolute atomic E-state index is 0.0894. The van der Waals surface area contributed by atoms with Crippen molar-refractivity contribution in [2.75, 3.05) is 6.54 Å². The van der Waals surface area contributed by atoms with E-state index in [1.807, 2.05) is 38.1 Å². The maximum Gasteiger partial charge on any atom is 0.344 e. The van der Waals surface area contributed by atoms with Gasteiger partial charge in [0.05, 0.1) is 6.54 Å². The van der Waals surface area contributed by atoms with Crippen LogP contribution in [0.1, 0.15) is 37.4 Å². The average Bonchev–Trinajstić information content (AvgIpc) is 2.98. The highest BCUT2D eigenvalue weighted by atomic mass is 35.5. The summed E-state index contributed by atoms with van der Waals surface area (Å²) < 4.78 is 0. The van der Waals surface area contributed by atoms with Gasteiger partial charge in [-0.2, -0.15) is 5.01 Å². The van der Waals surface area contributed by atoms with Crippen LogP contribution in [0.5, 0.6) is 0 Å². The summed E-state index contributed by atoms with van der Waals surface area (Å²) in [5, 5.41) is 7.11. The molecule has 0 radical (unpaired) electrons. The predicted octanol–water partition coefficient (Wildman–Crippen LogP) is 2.88. The molecule has 0 saturated carbocycles. The van der Waals surface area contributed by atoms with Gasteiger partial charge in [-0.05, 0) is 30.5 Å². The summed E-state index contributed by atoms with van der Waals surface area (Å²) in [6.45, 7) is 3.59. The monoisotopic (exact) mass is 414 g/mol. The van der Waals surface area contributed by atoms with Crippen LogP contribution in [0.15, 0.2) is 54.6 Å². The highest BCUT2D eigenvalue weighted by Crippen LogP contribution is 2.31. The Kier molecular flexibility index (Phi) is 6.20. The third-order valence-electron chi connectivity index (χ3n) is 5.07. The fraction of sp³-hybridized carbons (Fsp3) is 0.286. The Morgan fingerprint density at radius 3 is 2.45 bits per heavy atom. The van der Waals surface area contributed by atoms with Gasteiger partial charge in [0.2, 0.25) is 0 Å². The van der Waals surface area contributed by atoms with Crippen LogP contribution in [0.2, 0.25) is 5.02 Å². The largest absolute Gasteiger partial charge is 0.344 e. The van der Waals surface area contributed by atoms with Gasteiger partial charge in [-0.25, -0.2) is 4.79 Å². The van der Waals surface area contributed by atoms with Gasteiger partial charge in [0.1, 0.15) is 5.54 Å². The van der Waals surface area contributed by atoms with E-state index in [4.69, 9.17) is 11.6 Å². The first-order valence-corrected chi connectivity index (χ1v) is 9.76. The van der Waals surface area contributed by atoms with Crippen molar-refractivity contribution in [3.8, 4) is 0 Å². The molecule has 29 heavy (non-hydrogen) atoms. The Balaban J connectivity index is 1.65. The van der Waals surface area contributed by atoms with Crippen LogP contribution in [0.4, 0.5) is 4.79 Å². The molecule has 0 aromatic heterocycles. The van der Waals surface area contributed by atoms with Crippen molar-refractivity contribution in [1.29, 1.82) is 0 Å². The van der Waals surface area contributed by atoms with Crippen LogP contribution in [-0.2, 0) is 15.1 Å². The standard InChI is InChI=1S/C21H23ClN4O3/c1-3-21(15-9-5-4-6-10-15)19(28)26(20(29)24-21)25-18(27)13-23-14(2)16-11-7-8-12-17(16)22/h4-12,14,23H,3,13H2,1-2H3,(H,24,29)(H,25,27)/t14-,21+/m1/s1. The van der Waals surface area contributed by atoms with Crippen LogP contribution in [-0.4, -0.2) is 29.4 Å².